The lowest BCUT2D eigenvalue weighted by atomic mass is 10.1. The first-order chi connectivity index (χ1) is 9.92. The molecule has 1 aromatic rings. The molecule has 1 aromatic carbocycles. The van der Waals surface area contributed by atoms with E-state index in [0.717, 1.165) is 5.04 Å². The maximum absolute atomic E-state index is 12.4. The third-order valence-corrected chi connectivity index (χ3v) is 4.62. The Labute approximate surface area is 135 Å². The van der Waals surface area contributed by atoms with Crippen molar-refractivity contribution in [1.82, 2.24) is 0 Å². The Morgan fingerprint density at radius 2 is 2.29 bits per heavy atom. The molecule has 1 heterocycles. The van der Waals surface area contributed by atoms with Gasteiger partial charge in [0.05, 0.1) is 5.88 Å². The molecule has 3 nitrogen and oxygen atoms in total. The van der Waals surface area contributed by atoms with Gasteiger partial charge in [-0.15, -0.1) is 23.4 Å². The van der Waals surface area contributed by atoms with Crippen molar-refractivity contribution in [3.63, 3.8) is 0 Å². The van der Waals surface area contributed by atoms with Crippen LogP contribution in [0, 0.1) is 0 Å². The molecule has 0 spiro atoms. The SMILES string of the molecule is CC1(CCl)CC(SCc2cc(Cl)ccc2OC(F)F)=NO1. The van der Waals surface area contributed by atoms with Gasteiger partial charge in [0.2, 0.25) is 0 Å². The van der Waals surface area contributed by atoms with Crippen LogP contribution < -0.4 is 4.74 Å². The summed E-state index contributed by atoms with van der Waals surface area (Å²) in [6.07, 6.45) is 0.590. The second kappa shape index (κ2) is 7.03. The molecule has 1 aliphatic heterocycles. The zero-order chi connectivity index (χ0) is 15.5. The number of hydrogen-bond acceptors (Lipinski definition) is 4. The van der Waals surface area contributed by atoms with Gasteiger partial charge in [0.25, 0.3) is 0 Å². The zero-order valence-corrected chi connectivity index (χ0v) is 13.4. The second-order valence-corrected chi connectivity index (χ2v) is 6.51. The summed E-state index contributed by atoms with van der Waals surface area (Å²) in [4.78, 5) is 5.27. The fourth-order valence-electron chi connectivity index (χ4n) is 1.73. The molecule has 0 radical (unpaired) electrons. The summed E-state index contributed by atoms with van der Waals surface area (Å²) in [5, 5.41) is 5.19. The Kier molecular flexibility index (Phi) is 5.57. The van der Waals surface area contributed by atoms with Gasteiger partial charge in [0, 0.05) is 22.8 Å². The molecule has 0 aliphatic carbocycles. The van der Waals surface area contributed by atoms with E-state index in [-0.39, 0.29) is 5.75 Å². The van der Waals surface area contributed by atoms with Crippen LogP contribution >= 0.6 is 35.0 Å². The van der Waals surface area contributed by atoms with Gasteiger partial charge in [-0.05, 0) is 25.1 Å². The Bertz CT molecular complexity index is 545. The van der Waals surface area contributed by atoms with Gasteiger partial charge in [-0.2, -0.15) is 8.78 Å². The van der Waals surface area contributed by atoms with E-state index in [0.29, 0.717) is 28.6 Å². The Morgan fingerprint density at radius 3 is 2.90 bits per heavy atom. The molecule has 1 atom stereocenters. The molecule has 0 fully saturated rings. The van der Waals surface area contributed by atoms with Crippen LogP contribution in [0.2, 0.25) is 5.02 Å². The monoisotopic (exact) mass is 355 g/mol. The van der Waals surface area contributed by atoms with E-state index in [9.17, 15) is 8.78 Å². The van der Waals surface area contributed by atoms with Crippen molar-refractivity contribution < 1.29 is 18.4 Å². The van der Waals surface area contributed by atoms with E-state index >= 15 is 0 Å². The van der Waals surface area contributed by atoms with E-state index in [1.807, 2.05) is 6.92 Å². The number of halogens is 4. The fraction of sp³-hybridized carbons (Fsp3) is 0.462. The lowest BCUT2D eigenvalue weighted by molar-refractivity contribution is -0.0503. The summed E-state index contributed by atoms with van der Waals surface area (Å²) in [6, 6.07) is 4.54. The molecule has 0 N–H and O–H groups in total. The lowest BCUT2D eigenvalue weighted by Gasteiger charge is -2.16. The van der Waals surface area contributed by atoms with Gasteiger partial charge in [0.15, 0.2) is 5.60 Å². The molecule has 0 amide bonds. The number of nitrogens with zero attached hydrogens (tertiary/aromatic N) is 1. The molecular weight excluding hydrogens is 343 g/mol. The quantitative estimate of drug-likeness (QED) is 0.703. The van der Waals surface area contributed by atoms with Gasteiger partial charge >= 0.3 is 6.61 Å². The average Bonchev–Trinajstić information content (AvgIpc) is 2.81. The highest BCUT2D eigenvalue weighted by atomic mass is 35.5. The highest BCUT2D eigenvalue weighted by Gasteiger charge is 2.33. The Morgan fingerprint density at radius 1 is 1.52 bits per heavy atom. The van der Waals surface area contributed by atoms with Crippen LogP contribution in [0.5, 0.6) is 5.75 Å². The minimum absolute atomic E-state index is 0.113. The van der Waals surface area contributed by atoms with Crippen LogP contribution in [0.3, 0.4) is 0 Å². The van der Waals surface area contributed by atoms with E-state index in [2.05, 4.69) is 9.89 Å². The van der Waals surface area contributed by atoms with Crippen molar-refractivity contribution in [3.05, 3.63) is 28.8 Å². The molecule has 2 rings (SSSR count). The van der Waals surface area contributed by atoms with Crippen LogP contribution in [0.4, 0.5) is 8.78 Å². The first kappa shape index (κ1) is 16.6. The number of thioether (sulfide) groups is 1. The summed E-state index contributed by atoms with van der Waals surface area (Å²) >= 11 is 13.1. The van der Waals surface area contributed by atoms with E-state index < -0.39 is 12.2 Å². The van der Waals surface area contributed by atoms with Crippen molar-refractivity contribution >= 4 is 40.0 Å². The standard InChI is InChI=1S/C13H13Cl2F2NO2S/c1-13(7-14)5-11(18-20-13)21-6-8-4-9(15)2-3-10(8)19-12(16)17/h2-4,12H,5-7H2,1H3. The van der Waals surface area contributed by atoms with Gasteiger partial charge in [-0.25, -0.2) is 0 Å². The van der Waals surface area contributed by atoms with Crippen LogP contribution in [-0.2, 0) is 10.6 Å². The molecule has 21 heavy (non-hydrogen) atoms. The molecule has 8 heteroatoms. The van der Waals surface area contributed by atoms with Crippen molar-refractivity contribution in [2.45, 2.75) is 31.3 Å². The Hall–Kier alpha value is -0.720. The predicted molar refractivity (Wildman–Crippen MR) is 81.6 cm³/mol. The third-order valence-electron chi connectivity index (χ3n) is 2.81. The molecule has 116 valence electrons. The van der Waals surface area contributed by atoms with E-state index in [4.69, 9.17) is 28.0 Å². The molecule has 1 aliphatic rings. The molecular formula is C13H13Cl2F2NO2S. The first-order valence-electron chi connectivity index (χ1n) is 6.09. The minimum Gasteiger partial charge on any atom is -0.435 e. The van der Waals surface area contributed by atoms with Gasteiger partial charge in [-0.1, -0.05) is 16.8 Å². The van der Waals surface area contributed by atoms with Crippen molar-refractivity contribution in [1.29, 1.82) is 0 Å². The number of hydrogen-bond donors (Lipinski definition) is 0. The maximum Gasteiger partial charge on any atom is 0.387 e. The molecule has 0 aromatic heterocycles. The molecule has 0 saturated carbocycles. The smallest absolute Gasteiger partial charge is 0.387 e. The van der Waals surface area contributed by atoms with E-state index in [1.54, 1.807) is 6.07 Å². The number of ether oxygens (including phenoxy) is 1. The normalized spacial score (nSPS) is 21.3. The van der Waals surface area contributed by atoms with Crippen LogP contribution in [0.1, 0.15) is 18.9 Å². The summed E-state index contributed by atoms with van der Waals surface area (Å²) in [7, 11) is 0. The summed E-state index contributed by atoms with van der Waals surface area (Å²) in [5.41, 5.74) is 0.0792. The Balaban J connectivity index is 2.01. The van der Waals surface area contributed by atoms with Crippen LogP contribution in [0.25, 0.3) is 0 Å². The van der Waals surface area contributed by atoms with Crippen molar-refractivity contribution in [2.24, 2.45) is 5.16 Å². The van der Waals surface area contributed by atoms with Gasteiger partial charge < -0.3 is 9.57 Å². The zero-order valence-electron chi connectivity index (χ0n) is 11.1. The summed E-state index contributed by atoms with van der Waals surface area (Å²) in [6.45, 7) is -1.01. The molecule has 0 bridgehead atoms. The van der Waals surface area contributed by atoms with Gasteiger partial charge in [-0.3, -0.25) is 0 Å². The minimum atomic E-state index is -2.87. The number of rotatable bonds is 5. The second-order valence-electron chi connectivity index (χ2n) is 4.76. The highest BCUT2D eigenvalue weighted by Crippen LogP contribution is 2.33. The largest absolute Gasteiger partial charge is 0.435 e. The number of benzene rings is 1. The predicted octanol–water partition coefficient (Wildman–Crippen LogP) is 4.91. The molecule has 1 unspecified atom stereocenters. The van der Waals surface area contributed by atoms with Crippen molar-refractivity contribution in [3.8, 4) is 5.75 Å². The van der Waals surface area contributed by atoms with Crippen molar-refractivity contribution in [2.75, 3.05) is 5.88 Å². The number of oxime groups is 1. The summed E-state index contributed by atoms with van der Waals surface area (Å²) < 4.78 is 29.2. The number of alkyl halides is 3. The topological polar surface area (TPSA) is 30.8 Å². The van der Waals surface area contributed by atoms with Crippen LogP contribution in [0.15, 0.2) is 23.4 Å². The lowest BCUT2D eigenvalue weighted by Crippen LogP contribution is -2.26. The summed E-state index contributed by atoms with van der Waals surface area (Å²) in [5.74, 6) is 0.849. The highest BCUT2D eigenvalue weighted by molar-refractivity contribution is 8.13. The fourth-order valence-corrected chi connectivity index (χ4v) is 3.11. The van der Waals surface area contributed by atoms with Crippen LogP contribution in [-0.4, -0.2) is 23.1 Å². The van der Waals surface area contributed by atoms with Gasteiger partial charge in [0.1, 0.15) is 10.8 Å². The molecule has 0 saturated heterocycles. The third kappa shape index (κ3) is 4.63. The van der Waals surface area contributed by atoms with E-state index in [1.165, 1.54) is 23.9 Å². The first-order valence-corrected chi connectivity index (χ1v) is 7.99. The maximum atomic E-state index is 12.4. The average molecular weight is 356 g/mol.